The molecule has 0 rings (SSSR count). The van der Waals surface area contributed by atoms with Gasteiger partial charge in [-0.25, -0.2) is 0 Å². The molecule has 26 heavy (non-hydrogen) atoms. The number of carbonyl (C=O) groups is 1. The van der Waals surface area contributed by atoms with E-state index in [1.165, 1.54) is 0 Å². The lowest BCUT2D eigenvalue weighted by Crippen LogP contribution is -2.03. The minimum atomic E-state index is -0.831. The number of aliphatic carboxylic acids is 1. The van der Waals surface area contributed by atoms with Crippen molar-refractivity contribution in [2.75, 3.05) is 0 Å². The lowest BCUT2D eigenvalue weighted by molar-refractivity contribution is -0.136. The van der Waals surface area contributed by atoms with Crippen molar-refractivity contribution in [2.45, 2.75) is 70.5 Å². The van der Waals surface area contributed by atoms with Crippen LogP contribution in [0.1, 0.15) is 58.3 Å². The molecule has 3 N–H and O–H groups in total. The fourth-order valence-electron chi connectivity index (χ4n) is 1.98. The van der Waals surface area contributed by atoms with Gasteiger partial charge in [0.05, 0.1) is 18.6 Å². The summed E-state index contributed by atoms with van der Waals surface area (Å²) in [5, 5.41) is 28.0. The summed E-state index contributed by atoms with van der Waals surface area (Å²) in [6.07, 6.45) is 19.1. The van der Waals surface area contributed by atoms with Crippen LogP contribution < -0.4 is 0 Å². The van der Waals surface area contributed by atoms with E-state index in [1.54, 1.807) is 6.08 Å². The molecule has 0 spiro atoms. The Morgan fingerprint density at radius 1 is 1.00 bits per heavy atom. The van der Waals surface area contributed by atoms with Crippen molar-refractivity contribution in [2.24, 2.45) is 0 Å². The molecule has 0 fully saturated rings. The minimum absolute atomic E-state index is 0.0764. The van der Waals surface area contributed by atoms with Crippen LogP contribution >= 0.6 is 0 Å². The molecule has 0 aromatic heterocycles. The molecule has 4 heteroatoms. The van der Waals surface area contributed by atoms with Crippen LogP contribution in [0.2, 0.25) is 0 Å². The van der Waals surface area contributed by atoms with Gasteiger partial charge < -0.3 is 15.3 Å². The number of hydrogen-bond donors (Lipinski definition) is 3. The molecule has 0 aliphatic carbocycles. The smallest absolute Gasteiger partial charge is 0.304 e. The predicted octanol–water partition coefficient (Wildman–Crippen LogP) is 4.16. The predicted molar refractivity (Wildman–Crippen MR) is 107 cm³/mol. The van der Waals surface area contributed by atoms with Gasteiger partial charge in [0.2, 0.25) is 0 Å². The molecule has 4 nitrogen and oxygen atoms in total. The van der Waals surface area contributed by atoms with Crippen molar-refractivity contribution in [3.8, 4) is 11.8 Å². The molecule has 0 aliphatic heterocycles. The summed E-state index contributed by atoms with van der Waals surface area (Å²) in [7, 11) is 0. The second kappa shape index (κ2) is 17.7. The lowest BCUT2D eigenvalue weighted by atomic mass is 10.1. The van der Waals surface area contributed by atoms with E-state index in [0.717, 1.165) is 12.8 Å². The van der Waals surface area contributed by atoms with Gasteiger partial charge in [0, 0.05) is 12.8 Å². The van der Waals surface area contributed by atoms with Crippen molar-refractivity contribution in [3.63, 3.8) is 0 Å². The first-order chi connectivity index (χ1) is 12.6. The van der Waals surface area contributed by atoms with Gasteiger partial charge in [-0.1, -0.05) is 61.5 Å². The molecule has 0 amide bonds. The van der Waals surface area contributed by atoms with Crippen molar-refractivity contribution in [1.82, 2.24) is 0 Å². The molecule has 0 bridgehead atoms. The van der Waals surface area contributed by atoms with Crippen molar-refractivity contribution in [1.29, 1.82) is 0 Å². The summed E-state index contributed by atoms with van der Waals surface area (Å²) >= 11 is 0. The molecule has 0 unspecified atom stereocenters. The van der Waals surface area contributed by atoms with Crippen LogP contribution in [-0.4, -0.2) is 33.5 Å². The summed E-state index contributed by atoms with van der Waals surface area (Å²) < 4.78 is 0. The molecule has 0 heterocycles. The summed E-state index contributed by atoms with van der Waals surface area (Å²) in [5.74, 6) is 4.85. The third-order valence-corrected chi connectivity index (χ3v) is 3.41. The number of carboxylic acids is 1. The fraction of sp³-hybridized carbons (Fsp3) is 0.500. The number of hydrogen-bond acceptors (Lipinski definition) is 3. The van der Waals surface area contributed by atoms with E-state index in [2.05, 4.69) is 18.8 Å². The second-order valence-electron chi connectivity index (χ2n) is 5.89. The average Bonchev–Trinajstić information content (AvgIpc) is 2.60. The van der Waals surface area contributed by atoms with Crippen LogP contribution in [0.15, 0.2) is 48.6 Å². The van der Waals surface area contributed by atoms with Gasteiger partial charge in [-0.2, -0.15) is 0 Å². The second-order valence-corrected chi connectivity index (χ2v) is 5.89. The van der Waals surface area contributed by atoms with Crippen LogP contribution in [0, 0.1) is 11.8 Å². The molecular formula is C22H32O4. The Hall–Kier alpha value is -2.09. The van der Waals surface area contributed by atoms with Gasteiger partial charge in [-0.05, 0) is 32.1 Å². The van der Waals surface area contributed by atoms with E-state index in [-0.39, 0.29) is 12.5 Å². The summed E-state index contributed by atoms with van der Waals surface area (Å²) in [6.45, 7) is 2.06. The van der Waals surface area contributed by atoms with Gasteiger partial charge in [0.25, 0.3) is 0 Å². The SMILES string of the molecule is CCC=CC[C@H](O)C=CC=CCC[C@@H](O)CC=CCC#CCCC(=O)O. The molecule has 0 aliphatic rings. The van der Waals surface area contributed by atoms with Crippen LogP contribution in [0.4, 0.5) is 0 Å². The number of allylic oxidation sites excluding steroid dienone is 5. The van der Waals surface area contributed by atoms with Gasteiger partial charge in [-0.3, -0.25) is 4.79 Å². The average molecular weight is 360 g/mol. The monoisotopic (exact) mass is 360 g/mol. The molecule has 0 aromatic carbocycles. The number of aliphatic hydroxyl groups is 2. The highest BCUT2D eigenvalue weighted by atomic mass is 16.4. The standard InChI is InChI=1S/C22H32O4/c1-2-3-10-15-20(23)17-12-8-9-13-18-21(24)16-11-6-4-5-7-14-19-22(25)26/h3,6,8-12,17,20-21,23-24H,2,4,13-16,18-19H2,1H3,(H,25,26)/t20-,21-/m0/s1. The van der Waals surface area contributed by atoms with E-state index >= 15 is 0 Å². The van der Waals surface area contributed by atoms with Gasteiger partial charge in [0.15, 0.2) is 0 Å². The molecule has 2 atom stereocenters. The van der Waals surface area contributed by atoms with E-state index in [9.17, 15) is 15.0 Å². The largest absolute Gasteiger partial charge is 0.481 e. The third-order valence-electron chi connectivity index (χ3n) is 3.41. The molecule has 0 saturated heterocycles. The first-order valence-corrected chi connectivity index (χ1v) is 9.23. The Morgan fingerprint density at radius 3 is 2.50 bits per heavy atom. The maximum atomic E-state index is 10.3. The van der Waals surface area contributed by atoms with Crippen molar-refractivity contribution >= 4 is 5.97 Å². The fourth-order valence-corrected chi connectivity index (χ4v) is 1.98. The Morgan fingerprint density at radius 2 is 1.77 bits per heavy atom. The normalized spacial score (nSPS) is 14.3. The minimum Gasteiger partial charge on any atom is -0.481 e. The number of carboxylic acid groups (broad SMARTS) is 1. The van der Waals surface area contributed by atoms with E-state index in [1.807, 2.05) is 42.5 Å². The first-order valence-electron chi connectivity index (χ1n) is 9.23. The number of rotatable bonds is 13. The Balaban J connectivity index is 3.75. The quantitative estimate of drug-likeness (QED) is 0.262. The molecular weight excluding hydrogens is 328 g/mol. The summed E-state index contributed by atoms with van der Waals surface area (Å²) in [4.78, 5) is 10.3. The van der Waals surface area contributed by atoms with Crippen molar-refractivity contribution < 1.29 is 20.1 Å². The highest BCUT2D eigenvalue weighted by Crippen LogP contribution is 2.04. The van der Waals surface area contributed by atoms with Crippen LogP contribution in [0.25, 0.3) is 0 Å². The van der Waals surface area contributed by atoms with Crippen LogP contribution in [0.5, 0.6) is 0 Å². The molecule has 0 saturated carbocycles. The molecule has 144 valence electrons. The zero-order chi connectivity index (χ0) is 19.5. The highest BCUT2D eigenvalue weighted by molar-refractivity contribution is 5.66. The van der Waals surface area contributed by atoms with E-state index in [4.69, 9.17) is 5.11 Å². The topological polar surface area (TPSA) is 77.8 Å². The highest BCUT2D eigenvalue weighted by Gasteiger charge is 1.99. The van der Waals surface area contributed by atoms with Crippen LogP contribution in [-0.2, 0) is 4.79 Å². The van der Waals surface area contributed by atoms with Gasteiger partial charge in [-0.15, -0.1) is 5.92 Å². The molecule has 0 radical (unpaired) electrons. The zero-order valence-electron chi connectivity index (χ0n) is 15.7. The van der Waals surface area contributed by atoms with E-state index in [0.29, 0.717) is 32.1 Å². The van der Waals surface area contributed by atoms with E-state index < -0.39 is 12.1 Å². The first kappa shape index (κ1) is 23.9. The van der Waals surface area contributed by atoms with Crippen LogP contribution in [0.3, 0.4) is 0 Å². The lowest BCUT2D eigenvalue weighted by Gasteiger charge is -2.04. The maximum Gasteiger partial charge on any atom is 0.304 e. The summed E-state index contributed by atoms with van der Waals surface area (Å²) in [5.41, 5.74) is 0. The number of aliphatic hydroxyl groups excluding tert-OH is 2. The molecule has 0 aromatic rings. The zero-order valence-corrected chi connectivity index (χ0v) is 15.7. The maximum absolute atomic E-state index is 10.3. The van der Waals surface area contributed by atoms with Crippen molar-refractivity contribution in [3.05, 3.63) is 48.6 Å². The van der Waals surface area contributed by atoms with Gasteiger partial charge >= 0.3 is 5.97 Å². The Labute approximate surface area is 157 Å². The van der Waals surface area contributed by atoms with Gasteiger partial charge in [0.1, 0.15) is 0 Å². The third kappa shape index (κ3) is 18.3. The Bertz CT molecular complexity index is 532. The Kier molecular flexibility index (Phi) is 16.3. The summed E-state index contributed by atoms with van der Waals surface area (Å²) in [6, 6.07) is 0.